The third kappa shape index (κ3) is 3.85. The van der Waals surface area contributed by atoms with E-state index in [-0.39, 0.29) is 0 Å². The fraction of sp³-hybridized carbons (Fsp3) is 0.933. The molecule has 0 N–H and O–H groups in total. The van der Waals surface area contributed by atoms with Crippen LogP contribution in [0.4, 0.5) is 0 Å². The SMILES string of the molecule is CCC(CCCC(C)C1CCC2C3CC=C4CCCCC4(C)C3CCC12C)C(C)C. The molecule has 0 aromatic carbocycles. The van der Waals surface area contributed by atoms with E-state index in [1.54, 1.807) is 0 Å². The van der Waals surface area contributed by atoms with Crippen LogP contribution in [0, 0.1) is 52.3 Å². The van der Waals surface area contributed by atoms with E-state index in [2.05, 4.69) is 47.6 Å². The van der Waals surface area contributed by atoms with Crippen molar-refractivity contribution in [3.8, 4) is 0 Å². The summed E-state index contributed by atoms with van der Waals surface area (Å²) in [7, 11) is 0. The van der Waals surface area contributed by atoms with Gasteiger partial charge >= 0.3 is 0 Å². The molecule has 0 saturated heterocycles. The molecule has 0 aromatic heterocycles. The molecule has 0 amide bonds. The highest BCUT2D eigenvalue weighted by Gasteiger charge is 2.58. The van der Waals surface area contributed by atoms with Crippen LogP contribution < -0.4 is 0 Å². The average molecular weight is 413 g/mol. The molecule has 4 rings (SSSR count). The molecule has 8 unspecified atom stereocenters. The summed E-state index contributed by atoms with van der Waals surface area (Å²) < 4.78 is 0. The normalized spacial score (nSPS) is 42.8. The van der Waals surface area contributed by atoms with E-state index in [9.17, 15) is 0 Å². The van der Waals surface area contributed by atoms with E-state index in [0.29, 0.717) is 10.8 Å². The number of hydrogen-bond donors (Lipinski definition) is 0. The quantitative estimate of drug-likeness (QED) is 0.365. The second-order valence-corrected chi connectivity index (χ2v) is 13.0. The summed E-state index contributed by atoms with van der Waals surface area (Å²) in [5, 5.41) is 0. The maximum absolute atomic E-state index is 2.75. The Morgan fingerprint density at radius 1 is 0.967 bits per heavy atom. The van der Waals surface area contributed by atoms with Crippen molar-refractivity contribution >= 4 is 0 Å². The van der Waals surface area contributed by atoms with Gasteiger partial charge in [0.2, 0.25) is 0 Å². The summed E-state index contributed by atoms with van der Waals surface area (Å²) in [6.07, 6.45) is 21.9. The highest BCUT2D eigenvalue weighted by molar-refractivity contribution is 5.24. The van der Waals surface area contributed by atoms with Gasteiger partial charge in [0.25, 0.3) is 0 Å². The van der Waals surface area contributed by atoms with Crippen LogP contribution in [0.1, 0.15) is 125 Å². The monoisotopic (exact) mass is 412 g/mol. The van der Waals surface area contributed by atoms with Gasteiger partial charge in [-0.1, -0.05) is 85.3 Å². The van der Waals surface area contributed by atoms with Crippen molar-refractivity contribution < 1.29 is 0 Å². The smallest absolute Gasteiger partial charge is 0.00853 e. The molecule has 0 spiro atoms. The lowest BCUT2D eigenvalue weighted by Crippen LogP contribution is -2.50. The Labute approximate surface area is 189 Å². The van der Waals surface area contributed by atoms with Gasteiger partial charge in [-0.25, -0.2) is 0 Å². The van der Waals surface area contributed by atoms with Gasteiger partial charge in [0.05, 0.1) is 0 Å². The highest BCUT2D eigenvalue weighted by Crippen LogP contribution is 2.67. The van der Waals surface area contributed by atoms with E-state index < -0.39 is 0 Å². The molecule has 0 heteroatoms. The Balaban J connectivity index is 1.42. The van der Waals surface area contributed by atoms with Gasteiger partial charge in [-0.3, -0.25) is 0 Å². The molecule has 0 nitrogen and oxygen atoms in total. The summed E-state index contributed by atoms with van der Waals surface area (Å²) in [6, 6.07) is 0. The molecule has 4 aliphatic rings. The largest absolute Gasteiger partial charge is 0.0845 e. The van der Waals surface area contributed by atoms with Crippen LogP contribution in [0.2, 0.25) is 0 Å². The lowest BCUT2D eigenvalue weighted by atomic mass is 9.47. The van der Waals surface area contributed by atoms with E-state index >= 15 is 0 Å². The van der Waals surface area contributed by atoms with Crippen molar-refractivity contribution in [3.63, 3.8) is 0 Å². The van der Waals surface area contributed by atoms with Gasteiger partial charge in [0, 0.05) is 0 Å². The van der Waals surface area contributed by atoms with Crippen molar-refractivity contribution in [2.75, 3.05) is 0 Å². The van der Waals surface area contributed by atoms with Crippen LogP contribution in [0.25, 0.3) is 0 Å². The van der Waals surface area contributed by atoms with Gasteiger partial charge in [0.15, 0.2) is 0 Å². The molecule has 4 aliphatic carbocycles. The molecule has 3 saturated carbocycles. The topological polar surface area (TPSA) is 0 Å². The first-order valence-corrected chi connectivity index (χ1v) is 14.0. The van der Waals surface area contributed by atoms with Crippen molar-refractivity contribution in [2.24, 2.45) is 52.3 Å². The van der Waals surface area contributed by atoms with Crippen molar-refractivity contribution in [3.05, 3.63) is 11.6 Å². The molecule has 0 aliphatic heterocycles. The third-order valence-electron chi connectivity index (χ3n) is 11.5. The number of rotatable bonds is 7. The van der Waals surface area contributed by atoms with Gasteiger partial charge < -0.3 is 0 Å². The minimum atomic E-state index is 0.568. The molecule has 8 atom stereocenters. The maximum Gasteiger partial charge on any atom is -0.00853 e. The Kier molecular flexibility index (Phi) is 6.83. The van der Waals surface area contributed by atoms with Crippen molar-refractivity contribution in [2.45, 2.75) is 125 Å². The predicted molar refractivity (Wildman–Crippen MR) is 131 cm³/mol. The molecular formula is C30H52. The molecule has 3 fully saturated rings. The van der Waals surface area contributed by atoms with Gasteiger partial charge in [0.1, 0.15) is 0 Å². The summed E-state index contributed by atoms with van der Waals surface area (Å²) in [5.74, 6) is 6.74. The standard InChI is InChI=1S/C30H52/c1-7-23(21(2)3)12-10-11-22(4)26-16-17-27-25-15-14-24-13-8-9-19-29(24,5)28(25)18-20-30(26,27)6/h14,21-23,25-28H,7-13,15-20H2,1-6H3. The Hall–Kier alpha value is -0.260. The Morgan fingerprint density at radius 2 is 1.77 bits per heavy atom. The third-order valence-corrected chi connectivity index (χ3v) is 11.5. The Morgan fingerprint density at radius 3 is 2.50 bits per heavy atom. The predicted octanol–water partition coefficient (Wildman–Crippen LogP) is 9.44. The summed E-state index contributed by atoms with van der Waals surface area (Å²) in [5.41, 5.74) is 3.08. The molecule has 0 radical (unpaired) electrons. The van der Waals surface area contributed by atoms with Crippen LogP contribution in [-0.4, -0.2) is 0 Å². The molecule has 30 heavy (non-hydrogen) atoms. The first kappa shape index (κ1) is 22.9. The van der Waals surface area contributed by atoms with Crippen LogP contribution in [-0.2, 0) is 0 Å². The number of hydrogen-bond acceptors (Lipinski definition) is 0. The van der Waals surface area contributed by atoms with Gasteiger partial charge in [-0.15, -0.1) is 0 Å². The lowest BCUT2D eigenvalue weighted by Gasteiger charge is -2.58. The van der Waals surface area contributed by atoms with Crippen LogP contribution in [0.3, 0.4) is 0 Å². The van der Waals surface area contributed by atoms with E-state index in [1.165, 1.54) is 83.5 Å². The number of allylic oxidation sites excluding steroid dienone is 2. The minimum Gasteiger partial charge on any atom is -0.0845 e. The molecule has 0 aromatic rings. The maximum atomic E-state index is 2.75. The van der Waals surface area contributed by atoms with E-state index in [4.69, 9.17) is 0 Å². The first-order chi connectivity index (χ1) is 14.3. The second-order valence-electron chi connectivity index (χ2n) is 13.0. The fourth-order valence-corrected chi connectivity index (χ4v) is 9.59. The zero-order valence-corrected chi connectivity index (χ0v) is 21.3. The second kappa shape index (κ2) is 8.94. The fourth-order valence-electron chi connectivity index (χ4n) is 9.59. The first-order valence-electron chi connectivity index (χ1n) is 14.0. The zero-order chi connectivity index (χ0) is 21.5. The summed E-state index contributed by atoms with van der Waals surface area (Å²) in [6.45, 7) is 15.3. The van der Waals surface area contributed by atoms with Crippen LogP contribution in [0.5, 0.6) is 0 Å². The van der Waals surface area contributed by atoms with Gasteiger partial charge in [-0.2, -0.15) is 0 Å². The van der Waals surface area contributed by atoms with Crippen molar-refractivity contribution in [1.29, 1.82) is 0 Å². The van der Waals surface area contributed by atoms with E-state index in [1.807, 2.05) is 5.57 Å². The van der Waals surface area contributed by atoms with Gasteiger partial charge in [-0.05, 0) is 104 Å². The molecule has 172 valence electrons. The molecular weight excluding hydrogens is 360 g/mol. The zero-order valence-electron chi connectivity index (χ0n) is 21.3. The highest BCUT2D eigenvalue weighted by atomic mass is 14.6. The summed E-state index contributed by atoms with van der Waals surface area (Å²) in [4.78, 5) is 0. The Bertz CT molecular complexity index is 614. The minimum absolute atomic E-state index is 0.568. The lowest BCUT2D eigenvalue weighted by molar-refractivity contribution is -0.0500. The molecule has 0 heterocycles. The van der Waals surface area contributed by atoms with E-state index in [0.717, 1.165) is 41.4 Å². The van der Waals surface area contributed by atoms with Crippen LogP contribution >= 0.6 is 0 Å². The van der Waals surface area contributed by atoms with Crippen LogP contribution in [0.15, 0.2) is 11.6 Å². The molecule has 0 bridgehead atoms. The van der Waals surface area contributed by atoms with Crippen molar-refractivity contribution in [1.82, 2.24) is 0 Å². The average Bonchev–Trinajstić information content (AvgIpc) is 3.07. The number of fused-ring (bicyclic) bond motifs is 5. The summed E-state index contributed by atoms with van der Waals surface area (Å²) >= 11 is 0.